The summed E-state index contributed by atoms with van der Waals surface area (Å²) in [7, 11) is -4.27. The Labute approximate surface area is 163 Å². The van der Waals surface area contributed by atoms with Gasteiger partial charge in [-0.3, -0.25) is 0 Å². The molecule has 148 valence electrons. The van der Waals surface area contributed by atoms with Crippen LogP contribution in [-0.2, 0) is 10.0 Å². The lowest BCUT2D eigenvalue weighted by Gasteiger charge is -2.30. The molecular formula is C18H15F3N2O3S2. The molecule has 0 aliphatic carbocycles. The third kappa shape index (κ3) is 3.59. The fourth-order valence-corrected chi connectivity index (χ4v) is 5.60. The number of sulfonamides is 1. The van der Waals surface area contributed by atoms with Gasteiger partial charge in [0, 0.05) is 13.1 Å². The number of fused-ring (bicyclic) bond motifs is 1. The zero-order valence-corrected chi connectivity index (χ0v) is 16.1. The molecule has 28 heavy (non-hydrogen) atoms. The van der Waals surface area contributed by atoms with Crippen molar-refractivity contribution in [2.75, 3.05) is 13.1 Å². The third-order valence-electron chi connectivity index (χ3n) is 4.52. The SMILES string of the molecule is O=S(=O)(c1c(F)cccc1F)N1CCC(Oc2nc3ccc(F)cc3s2)CC1. The molecule has 0 spiro atoms. The van der Waals surface area contributed by atoms with Crippen molar-refractivity contribution in [2.45, 2.75) is 23.8 Å². The lowest BCUT2D eigenvalue weighted by molar-refractivity contribution is 0.135. The Morgan fingerprint density at radius 3 is 2.43 bits per heavy atom. The summed E-state index contributed by atoms with van der Waals surface area (Å²) >= 11 is 1.21. The van der Waals surface area contributed by atoms with Crippen LogP contribution in [0.5, 0.6) is 5.19 Å². The Morgan fingerprint density at radius 1 is 1.07 bits per heavy atom. The lowest BCUT2D eigenvalue weighted by atomic mass is 10.1. The van der Waals surface area contributed by atoms with Gasteiger partial charge in [-0.2, -0.15) is 4.31 Å². The summed E-state index contributed by atoms with van der Waals surface area (Å²) in [6.45, 7) is 0.139. The van der Waals surface area contributed by atoms with Gasteiger partial charge >= 0.3 is 0 Å². The first-order chi connectivity index (χ1) is 13.3. The van der Waals surface area contributed by atoms with Gasteiger partial charge in [-0.15, -0.1) is 0 Å². The number of halogens is 3. The minimum absolute atomic E-state index is 0.0697. The van der Waals surface area contributed by atoms with Crippen LogP contribution in [0, 0.1) is 17.5 Å². The molecule has 4 rings (SSSR count). The van der Waals surface area contributed by atoms with Crippen LogP contribution < -0.4 is 4.74 Å². The standard InChI is InChI=1S/C18H15F3N2O3S2/c19-11-4-5-15-16(10-11)27-18(22-15)26-12-6-8-23(9-7-12)28(24,25)17-13(20)2-1-3-14(17)21/h1-5,10,12H,6-9H2. The van der Waals surface area contributed by atoms with Gasteiger partial charge in [-0.05, 0) is 43.2 Å². The zero-order valence-electron chi connectivity index (χ0n) is 14.4. The summed E-state index contributed by atoms with van der Waals surface area (Å²) < 4.78 is 73.8. The summed E-state index contributed by atoms with van der Waals surface area (Å²) in [6.07, 6.45) is 0.404. The molecule has 0 atom stereocenters. The number of thiazole rings is 1. The van der Waals surface area contributed by atoms with Crippen molar-refractivity contribution < 1.29 is 26.3 Å². The van der Waals surface area contributed by atoms with Gasteiger partial charge in [0.25, 0.3) is 5.19 Å². The molecule has 1 fully saturated rings. The first-order valence-corrected chi connectivity index (χ1v) is 10.8. The number of ether oxygens (including phenoxy) is 1. The Kier molecular flexibility index (Phi) is 5.02. The lowest BCUT2D eigenvalue weighted by Crippen LogP contribution is -2.42. The van der Waals surface area contributed by atoms with Crippen LogP contribution >= 0.6 is 11.3 Å². The predicted octanol–water partition coefficient (Wildman–Crippen LogP) is 3.95. The minimum atomic E-state index is -4.27. The van der Waals surface area contributed by atoms with E-state index in [-0.39, 0.29) is 25.0 Å². The highest BCUT2D eigenvalue weighted by atomic mass is 32.2. The van der Waals surface area contributed by atoms with Gasteiger partial charge in [0.1, 0.15) is 23.6 Å². The van der Waals surface area contributed by atoms with E-state index >= 15 is 0 Å². The van der Waals surface area contributed by atoms with Crippen molar-refractivity contribution >= 4 is 31.6 Å². The van der Waals surface area contributed by atoms with Crippen molar-refractivity contribution in [1.82, 2.24) is 9.29 Å². The van der Waals surface area contributed by atoms with Crippen molar-refractivity contribution in [3.63, 3.8) is 0 Å². The molecular weight excluding hydrogens is 413 g/mol. The highest BCUT2D eigenvalue weighted by Crippen LogP contribution is 2.31. The number of aromatic nitrogens is 1. The minimum Gasteiger partial charge on any atom is -0.467 e. The van der Waals surface area contributed by atoms with Crippen LogP contribution in [0.4, 0.5) is 13.2 Å². The topological polar surface area (TPSA) is 59.5 Å². The molecule has 10 heteroatoms. The average molecular weight is 428 g/mol. The predicted molar refractivity (Wildman–Crippen MR) is 98.3 cm³/mol. The van der Waals surface area contributed by atoms with E-state index < -0.39 is 26.6 Å². The molecule has 1 saturated heterocycles. The highest BCUT2D eigenvalue weighted by Gasteiger charge is 2.34. The molecule has 0 N–H and O–H groups in total. The number of hydrogen-bond acceptors (Lipinski definition) is 5. The Morgan fingerprint density at radius 2 is 1.75 bits per heavy atom. The summed E-state index contributed by atoms with van der Waals surface area (Å²) in [5.41, 5.74) is 0.622. The first kappa shape index (κ1) is 19.2. The van der Waals surface area contributed by atoms with E-state index in [9.17, 15) is 21.6 Å². The molecule has 0 radical (unpaired) electrons. The Bertz CT molecular complexity index is 1110. The van der Waals surface area contributed by atoms with Crippen molar-refractivity contribution in [1.29, 1.82) is 0 Å². The van der Waals surface area contributed by atoms with Crippen molar-refractivity contribution in [3.05, 3.63) is 53.8 Å². The maximum atomic E-state index is 13.9. The number of nitrogens with zero attached hydrogens (tertiary/aromatic N) is 2. The normalized spacial score (nSPS) is 16.5. The second-order valence-electron chi connectivity index (χ2n) is 6.36. The molecule has 0 bridgehead atoms. The summed E-state index contributed by atoms with van der Waals surface area (Å²) in [6, 6.07) is 7.21. The average Bonchev–Trinajstić information content (AvgIpc) is 3.03. The molecule has 2 aromatic carbocycles. The molecule has 5 nitrogen and oxygen atoms in total. The molecule has 0 amide bonds. The van der Waals surface area contributed by atoms with E-state index in [2.05, 4.69) is 4.98 Å². The van der Waals surface area contributed by atoms with Gasteiger partial charge in [-0.25, -0.2) is 26.6 Å². The maximum Gasteiger partial charge on any atom is 0.274 e. The van der Waals surface area contributed by atoms with Crippen LogP contribution in [-0.4, -0.2) is 36.9 Å². The first-order valence-electron chi connectivity index (χ1n) is 8.51. The van der Waals surface area contributed by atoms with E-state index in [4.69, 9.17) is 4.74 Å². The van der Waals surface area contributed by atoms with Crippen LogP contribution in [0.3, 0.4) is 0 Å². The quantitative estimate of drug-likeness (QED) is 0.632. The number of piperidine rings is 1. The Hall–Kier alpha value is -2.17. The number of rotatable bonds is 4. The van der Waals surface area contributed by atoms with Crippen LogP contribution in [0.25, 0.3) is 10.2 Å². The maximum absolute atomic E-state index is 13.9. The molecule has 3 aromatic rings. The van der Waals surface area contributed by atoms with Crippen LogP contribution in [0.15, 0.2) is 41.3 Å². The van der Waals surface area contributed by atoms with E-state index in [1.165, 1.54) is 23.5 Å². The fraction of sp³-hybridized carbons (Fsp3) is 0.278. The molecule has 1 aliphatic heterocycles. The summed E-state index contributed by atoms with van der Waals surface area (Å²) in [5, 5.41) is 0.377. The smallest absolute Gasteiger partial charge is 0.274 e. The molecule has 0 saturated carbocycles. The molecule has 0 unspecified atom stereocenters. The second-order valence-corrected chi connectivity index (χ2v) is 9.23. The van der Waals surface area contributed by atoms with Crippen molar-refractivity contribution in [3.8, 4) is 5.19 Å². The van der Waals surface area contributed by atoms with Gasteiger partial charge in [-0.1, -0.05) is 17.4 Å². The van der Waals surface area contributed by atoms with E-state index in [0.29, 0.717) is 28.3 Å². The largest absolute Gasteiger partial charge is 0.467 e. The molecule has 1 aliphatic rings. The Balaban J connectivity index is 1.45. The van der Waals surface area contributed by atoms with Crippen LogP contribution in [0.1, 0.15) is 12.8 Å². The van der Waals surface area contributed by atoms with Gasteiger partial charge in [0.05, 0.1) is 10.2 Å². The summed E-state index contributed by atoms with van der Waals surface area (Å²) in [5.74, 6) is -2.58. The zero-order chi connectivity index (χ0) is 19.9. The van der Waals surface area contributed by atoms with E-state index in [0.717, 1.165) is 22.5 Å². The van der Waals surface area contributed by atoms with Gasteiger partial charge < -0.3 is 4.74 Å². The van der Waals surface area contributed by atoms with E-state index in [1.807, 2.05) is 0 Å². The van der Waals surface area contributed by atoms with Gasteiger partial charge in [0.2, 0.25) is 10.0 Å². The van der Waals surface area contributed by atoms with E-state index in [1.54, 1.807) is 6.07 Å². The monoisotopic (exact) mass is 428 g/mol. The van der Waals surface area contributed by atoms with Crippen LogP contribution in [0.2, 0.25) is 0 Å². The summed E-state index contributed by atoms with van der Waals surface area (Å²) in [4.78, 5) is 3.36. The third-order valence-corrected chi connectivity index (χ3v) is 7.38. The fourth-order valence-electron chi connectivity index (χ4n) is 3.12. The molecule has 2 heterocycles. The molecule has 1 aromatic heterocycles. The second kappa shape index (κ2) is 7.34. The number of hydrogen-bond donors (Lipinski definition) is 0. The van der Waals surface area contributed by atoms with Gasteiger partial charge in [0.15, 0.2) is 4.90 Å². The number of benzene rings is 2. The van der Waals surface area contributed by atoms with Crippen molar-refractivity contribution in [2.24, 2.45) is 0 Å². The highest BCUT2D eigenvalue weighted by molar-refractivity contribution is 7.89.